The number of halogens is 1. The number of hydrogen-bond acceptors (Lipinski definition) is 4. The first-order valence-corrected chi connectivity index (χ1v) is 21.0. The van der Waals surface area contributed by atoms with Gasteiger partial charge < -0.3 is 19.6 Å². The fraction of sp³-hybridized carbons (Fsp3) is 0.696. The average molecular weight is 695 g/mol. The van der Waals surface area contributed by atoms with Crippen molar-refractivity contribution in [3.8, 4) is 17.6 Å². The summed E-state index contributed by atoms with van der Waals surface area (Å²) in [6.45, 7) is 6.99. The van der Waals surface area contributed by atoms with Gasteiger partial charge >= 0.3 is 0 Å². The van der Waals surface area contributed by atoms with Crippen LogP contribution in [0.5, 0.6) is 5.75 Å². The zero-order valence-electron chi connectivity index (χ0n) is 31.6. The van der Waals surface area contributed by atoms with Crippen LogP contribution < -0.4 is 4.74 Å². The van der Waals surface area contributed by atoms with Crippen LogP contribution in [0.4, 0.5) is 4.39 Å². The molecule has 6 atom stereocenters. The number of benzene rings is 2. The Labute approximate surface area is 307 Å². The number of aryl methyl sites for hydroxylation is 1. The molecule has 2 aliphatic heterocycles. The molecule has 2 heterocycles. The summed E-state index contributed by atoms with van der Waals surface area (Å²) in [6, 6.07) is 13.4. The molecule has 2 saturated heterocycles. The molecular weight excluding hydrogens is 632 g/mol. The summed E-state index contributed by atoms with van der Waals surface area (Å²) in [5, 5.41) is 10.7. The molecule has 2 aromatic rings. The molecule has 7 fully saturated rings. The van der Waals surface area contributed by atoms with E-state index in [4.69, 9.17) is 4.74 Å². The molecule has 9 rings (SSSR count). The van der Waals surface area contributed by atoms with Crippen molar-refractivity contribution in [2.24, 2.45) is 23.7 Å². The number of aliphatic hydroxyl groups is 1. The lowest BCUT2D eigenvalue weighted by Gasteiger charge is -2.40. The van der Waals surface area contributed by atoms with E-state index in [1.807, 2.05) is 12.1 Å². The van der Waals surface area contributed by atoms with E-state index in [1.165, 1.54) is 126 Å². The zero-order chi connectivity index (χ0) is 35.0. The second-order valence-electron chi connectivity index (χ2n) is 17.9. The van der Waals surface area contributed by atoms with Gasteiger partial charge in [-0.15, -0.1) is 0 Å². The molecule has 0 aromatic heterocycles. The third-order valence-electron chi connectivity index (χ3n) is 14.9. The van der Waals surface area contributed by atoms with E-state index in [1.54, 1.807) is 19.2 Å². The highest BCUT2D eigenvalue weighted by molar-refractivity contribution is 5.47. The van der Waals surface area contributed by atoms with Gasteiger partial charge in [0.2, 0.25) is 0 Å². The van der Waals surface area contributed by atoms with E-state index in [0.717, 1.165) is 72.8 Å². The first kappa shape index (κ1) is 35.6. The highest BCUT2D eigenvalue weighted by Gasteiger charge is 2.44. The Bertz CT molecular complexity index is 1560. The van der Waals surface area contributed by atoms with Gasteiger partial charge in [0, 0.05) is 17.6 Å². The van der Waals surface area contributed by atoms with Crippen LogP contribution in [0, 0.1) is 48.3 Å². The van der Waals surface area contributed by atoms with Crippen LogP contribution in [-0.2, 0) is 0 Å². The van der Waals surface area contributed by atoms with Crippen molar-refractivity contribution >= 4 is 0 Å². The van der Waals surface area contributed by atoms with Crippen molar-refractivity contribution in [2.45, 2.75) is 146 Å². The molecule has 5 heteroatoms. The molecule has 4 bridgehead atoms. The van der Waals surface area contributed by atoms with Crippen LogP contribution in [0.3, 0.4) is 0 Å². The molecule has 4 nitrogen and oxygen atoms in total. The smallest absolute Gasteiger partial charge is 0.125 e. The Morgan fingerprint density at radius 1 is 0.706 bits per heavy atom. The molecule has 5 saturated carbocycles. The van der Waals surface area contributed by atoms with Gasteiger partial charge in [0.25, 0.3) is 0 Å². The number of fused-ring (bicyclic) bond motifs is 4. The van der Waals surface area contributed by atoms with Crippen molar-refractivity contribution in [3.63, 3.8) is 0 Å². The van der Waals surface area contributed by atoms with Crippen molar-refractivity contribution < 1.29 is 14.2 Å². The van der Waals surface area contributed by atoms with Crippen LogP contribution in [0.15, 0.2) is 36.4 Å². The lowest BCUT2D eigenvalue weighted by Crippen LogP contribution is -2.43. The largest absolute Gasteiger partial charge is 0.496 e. The van der Waals surface area contributed by atoms with E-state index >= 15 is 0 Å². The average Bonchev–Trinajstić information content (AvgIpc) is 4.00. The maximum Gasteiger partial charge on any atom is 0.125 e. The molecule has 7 aliphatic rings. The lowest BCUT2D eigenvalue weighted by atomic mass is 9.84. The van der Waals surface area contributed by atoms with Gasteiger partial charge in [-0.05, 0) is 206 Å². The number of rotatable bonds is 5. The monoisotopic (exact) mass is 694 g/mol. The van der Waals surface area contributed by atoms with E-state index in [0.29, 0.717) is 11.8 Å². The molecule has 0 spiro atoms. The Morgan fingerprint density at radius 3 is 1.82 bits per heavy atom. The van der Waals surface area contributed by atoms with Crippen molar-refractivity contribution in [3.05, 3.63) is 64.5 Å². The van der Waals surface area contributed by atoms with Crippen LogP contribution in [0.1, 0.15) is 143 Å². The van der Waals surface area contributed by atoms with Gasteiger partial charge in [-0.2, -0.15) is 0 Å². The number of likely N-dealkylation sites (tertiary alicyclic amines) is 2. The SMILES string of the molecule is COc1ccc(C#CC2(O)CCCCC2)cc1C1CCN([C@H]2C[C@H]3CC[C@H]2C3)CC1.Cc1ccc(F)cc1C1CCN([C@@H]2C[C@H]3CC[C@H]2C3)CC1. The quantitative estimate of drug-likeness (QED) is 0.317. The summed E-state index contributed by atoms with van der Waals surface area (Å²) in [7, 11) is 1.78. The molecule has 5 aliphatic carbocycles. The molecular formula is C46H63FN2O2. The number of methoxy groups -OCH3 is 1. The minimum absolute atomic E-state index is 0.0777. The van der Waals surface area contributed by atoms with Crippen molar-refractivity contribution in [1.29, 1.82) is 0 Å². The lowest BCUT2D eigenvalue weighted by molar-refractivity contribution is 0.0610. The number of piperidine rings is 2. The number of hydrogen-bond donors (Lipinski definition) is 1. The molecule has 0 amide bonds. The van der Waals surface area contributed by atoms with E-state index in [-0.39, 0.29) is 5.82 Å². The predicted octanol–water partition coefficient (Wildman–Crippen LogP) is 9.61. The second kappa shape index (κ2) is 15.5. The first-order valence-electron chi connectivity index (χ1n) is 21.0. The summed E-state index contributed by atoms with van der Waals surface area (Å²) in [4.78, 5) is 5.56. The highest BCUT2D eigenvalue weighted by Crippen LogP contribution is 2.49. The zero-order valence-corrected chi connectivity index (χ0v) is 31.6. The normalized spacial score (nSPS) is 32.3. The summed E-state index contributed by atoms with van der Waals surface area (Å²) >= 11 is 0. The van der Waals surface area contributed by atoms with E-state index < -0.39 is 5.60 Å². The summed E-state index contributed by atoms with van der Waals surface area (Å²) in [5.74, 6) is 12.5. The highest BCUT2D eigenvalue weighted by atomic mass is 19.1. The topological polar surface area (TPSA) is 35.9 Å². The minimum Gasteiger partial charge on any atom is -0.496 e. The summed E-state index contributed by atoms with van der Waals surface area (Å²) in [6.07, 6.45) is 21.6. The van der Waals surface area contributed by atoms with Crippen molar-refractivity contribution in [2.75, 3.05) is 33.3 Å². The molecule has 0 unspecified atom stereocenters. The Balaban J connectivity index is 0.000000156. The Kier molecular flexibility index (Phi) is 10.8. The molecule has 51 heavy (non-hydrogen) atoms. The third kappa shape index (κ3) is 7.95. The van der Waals surface area contributed by atoms with Gasteiger partial charge in [0.05, 0.1) is 7.11 Å². The van der Waals surface area contributed by atoms with Crippen LogP contribution >= 0.6 is 0 Å². The van der Waals surface area contributed by atoms with Gasteiger partial charge in [0.15, 0.2) is 0 Å². The molecule has 2 aromatic carbocycles. The summed E-state index contributed by atoms with van der Waals surface area (Å²) < 4.78 is 19.2. The predicted molar refractivity (Wildman–Crippen MR) is 205 cm³/mol. The van der Waals surface area contributed by atoms with E-state index in [2.05, 4.69) is 40.7 Å². The Hall–Kier alpha value is -2.39. The second-order valence-corrected chi connectivity index (χ2v) is 17.9. The number of ether oxygens (including phenoxy) is 1. The van der Waals surface area contributed by atoms with Crippen LogP contribution in [0.25, 0.3) is 0 Å². The van der Waals surface area contributed by atoms with Crippen LogP contribution in [-0.4, -0.2) is 65.9 Å². The van der Waals surface area contributed by atoms with Gasteiger partial charge in [-0.1, -0.05) is 37.2 Å². The molecule has 1 N–H and O–H groups in total. The van der Waals surface area contributed by atoms with Crippen LogP contribution in [0.2, 0.25) is 0 Å². The fourth-order valence-corrected chi connectivity index (χ4v) is 12.0. The number of nitrogens with zero attached hydrogens (tertiary/aromatic N) is 2. The van der Waals surface area contributed by atoms with E-state index in [9.17, 15) is 9.50 Å². The van der Waals surface area contributed by atoms with Gasteiger partial charge in [-0.3, -0.25) is 0 Å². The third-order valence-corrected chi connectivity index (χ3v) is 14.9. The fourth-order valence-electron chi connectivity index (χ4n) is 12.0. The van der Waals surface area contributed by atoms with Gasteiger partial charge in [-0.25, -0.2) is 4.39 Å². The van der Waals surface area contributed by atoms with Crippen molar-refractivity contribution in [1.82, 2.24) is 9.80 Å². The summed E-state index contributed by atoms with van der Waals surface area (Å²) in [5.41, 5.74) is 4.05. The Morgan fingerprint density at radius 2 is 1.29 bits per heavy atom. The standard InChI is InChI=1S/C27H37NO2.C19H26FN/c1-30-26-8-6-20(9-14-27(29)12-3-2-4-13-27)18-24(26)22-10-15-28(16-11-22)25-19-21-5-7-23(25)17-21;1-13-2-5-17(20)12-18(13)15-6-8-21(9-7-15)19-11-14-3-4-16(19)10-14/h6,8,18,21-23,25,29H,2-5,7,10-13,15-17,19H2,1H3;2,5,12,14-16,19H,3-4,6-11H2,1H3/t21-,23-,25-;14-,16-,19+/m00/s1. The maximum absolute atomic E-state index is 13.5. The molecule has 0 radical (unpaired) electrons. The maximum atomic E-state index is 13.5. The minimum atomic E-state index is -0.787. The molecule has 276 valence electrons. The first-order chi connectivity index (χ1) is 24.8. The van der Waals surface area contributed by atoms with Gasteiger partial charge in [0.1, 0.15) is 17.2 Å².